The standard InChI is InChI=1S/C30H39N7O2/c1-22(2)28(29-32-33-34-37(29)20-24-8-5-4-6-9-24)36(13-7-12-35-14-16-39-17-15-35)21-26-19-25-18-23(3)10-11-27(25)31-30(26)38/h4-6,8-11,18-19,22,28H,7,12-17,20-21H2,1-3H3,(H,31,38)/t28-/m1/s1. The maximum atomic E-state index is 13.2. The van der Waals surface area contributed by atoms with Crippen LogP contribution in [-0.4, -0.2) is 74.4 Å². The van der Waals surface area contributed by atoms with Crippen LogP contribution >= 0.6 is 0 Å². The van der Waals surface area contributed by atoms with E-state index in [0.29, 0.717) is 13.1 Å². The number of pyridine rings is 1. The highest BCUT2D eigenvalue weighted by Crippen LogP contribution is 2.29. The van der Waals surface area contributed by atoms with Crippen molar-refractivity contribution >= 4 is 10.9 Å². The third kappa shape index (κ3) is 6.79. The largest absolute Gasteiger partial charge is 0.379 e. The van der Waals surface area contributed by atoms with Crippen LogP contribution in [0.4, 0.5) is 0 Å². The number of aryl methyl sites for hydroxylation is 1. The van der Waals surface area contributed by atoms with Gasteiger partial charge in [-0.05, 0) is 65.4 Å². The molecule has 1 saturated heterocycles. The minimum atomic E-state index is -0.0546. The average Bonchev–Trinajstić information content (AvgIpc) is 3.37. The molecule has 2 aromatic heterocycles. The van der Waals surface area contributed by atoms with E-state index in [4.69, 9.17) is 4.74 Å². The lowest BCUT2D eigenvalue weighted by Gasteiger charge is -2.34. The summed E-state index contributed by atoms with van der Waals surface area (Å²) in [6.07, 6.45) is 0.980. The summed E-state index contributed by atoms with van der Waals surface area (Å²) < 4.78 is 7.43. The zero-order chi connectivity index (χ0) is 27.2. The molecule has 9 heteroatoms. The van der Waals surface area contributed by atoms with Crippen LogP contribution in [0.5, 0.6) is 0 Å². The van der Waals surface area contributed by atoms with Crippen molar-refractivity contribution < 1.29 is 4.74 Å². The van der Waals surface area contributed by atoms with Gasteiger partial charge in [0.05, 0.1) is 25.8 Å². The molecular weight excluding hydrogens is 490 g/mol. The topological polar surface area (TPSA) is 92.2 Å². The molecule has 39 heavy (non-hydrogen) atoms. The summed E-state index contributed by atoms with van der Waals surface area (Å²) in [7, 11) is 0. The van der Waals surface area contributed by atoms with Crippen molar-refractivity contribution in [2.45, 2.75) is 46.3 Å². The van der Waals surface area contributed by atoms with Gasteiger partial charge in [0.1, 0.15) is 0 Å². The summed E-state index contributed by atoms with van der Waals surface area (Å²) in [6, 6.07) is 18.4. The van der Waals surface area contributed by atoms with Gasteiger partial charge in [-0.15, -0.1) is 5.10 Å². The number of fused-ring (bicyclic) bond motifs is 1. The van der Waals surface area contributed by atoms with Crippen LogP contribution < -0.4 is 5.56 Å². The van der Waals surface area contributed by atoms with Crippen molar-refractivity contribution in [2.24, 2.45) is 5.92 Å². The molecule has 0 radical (unpaired) electrons. The molecule has 206 valence electrons. The number of benzene rings is 2. The summed E-state index contributed by atoms with van der Waals surface area (Å²) >= 11 is 0. The summed E-state index contributed by atoms with van der Waals surface area (Å²) in [6.45, 7) is 12.9. The van der Waals surface area contributed by atoms with Crippen LogP contribution in [0.3, 0.4) is 0 Å². The number of hydrogen-bond acceptors (Lipinski definition) is 7. The van der Waals surface area contributed by atoms with Crippen molar-refractivity contribution in [3.8, 4) is 0 Å². The maximum Gasteiger partial charge on any atom is 0.252 e. The highest BCUT2D eigenvalue weighted by atomic mass is 16.5. The number of aromatic nitrogens is 5. The van der Waals surface area contributed by atoms with Crippen molar-refractivity contribution in [1.82, 2.24) is 35.0 Å². The van der Waals surface area contributed by atoms with Gasteiger partial charge >= 0.3 is 0 Å². The van der Waals surface area contributed by atoms with Gasteiger partial charge in [0, 0.05) is 37.3 Å². The van der Waals surface area contributed by atoms with E-state index in [1.165, 1.54) is 5.56 Å². The van der Waals surface area contributed by atoms with E-state index in [-0.39, 0.29) is 17.5 Å². The number of hydrogen-bond donors (Lipinski definition) is 1. The monoisotopic (exact) mass is 529 g/mol. The van der Waals surface area contributed by atoms with E-state index in [2.05, 4.69) is 69.3 Å². The molecule has 2 aromatic carbocycles. The van der Waals surface area contributed by atoms with Gasteiger partial charge in [-0.3, -0.25) is 14.6 Å². The molecule has 0 unspecified atom stereocenters. The normalized spacial score (nSPS) is 15.4. The Kier molecular flexibility index (Phi) is 8.81. The molecule has 4 aromatic rings. The van der Waals surface area contributed by atoms with Gasteiger partial charge in [-0.25, -0.2) is 4.68 Å². The number of nitrogens with zero attached hydrogens (tertiary/aromatic N) is 6. The fraction of sp³-hybridized carbons (Fsp3) is 0.467. The molecule has 0 amide bonds. The lowest BCUT2D eigenvalue weighted by atomic mass is 9.99. The molecule has 0 aliphatic carbocycles. The minimum Gasteiger partial charge on any atom is -0.379 e. The summed E-state index contributed by atoms with van der Waals surface area (Å²) in [5.41, 5.74) is 3.89. The van der Waals surface area contributed by atoms with Gasteiger partial charge < -0.3 is 9.72 Å². The second kappa shape index (κ2) is 12.6. The Morgan fingerprint density at radius 1 is 1.08 bits per heavy atom. The zero-order valence-corrected chi connectivity index (χ0v) is 23.2. The number of rotatable bonds is 11. The van der Waals surface area contributed by atoms with Crippen molar-refractivity contribution in [2.75, 3.05) is 39.4 Å². The number of H-pyrrole nitrogens is 1. The van der Waals surface area contributed by atoms with E-state index < -0.39 is 0 Å². The van der Waals surface area contributed by atoms with Crippen LogP contribution in [-0.2, 0) is 17.8 Å². The Balaban J connectivity index is 1.45. The Bertz CT molecular complexity index is 1410. The molecule has 9 nitrogen and oxygen atoms in total. The van der Waals surface area contributed by atoms with Gasteiger partial charge in [-0.2, -0.15) is 0 Å². The zero-order valence-electron chi connectivity index (χ0n) is 23.2. The van der Waals surface area contributed by atoms with E-state index in [1.54, 1.807) is 0 Å². The molecule has 0 spiro atoms. The number of aromatic amines is 1. The first-order valence-electron chi connectivity index (χ1n) is 13.9. The molecule has 3 heterocycles. The van der Waals surface area contributed by atoms with E-state index in [0.717, 1.165) is 73.7 Å². The average molecular weight is 530 g/mol. The number of morpholine rings is 1. The summed E-state index contributed by atoms with van der Waals surface area (Å²) in [5.74, 6) is 1.06. The molecular formula is C30H39N7O2. The molecule has 1 atom stereocenters. The molecule has 1 aliphatic heterocycles. The predicted molar refractivity (Wildman–Crippen MR) is 153 cm³/mol. The number of tetrazole rings is 1. The molecule has 0 bridgehead atoms. The van der Waals surface area contributed by atoms with Crippen molar-refractivity contribution in [3.63, 3.8) is 0 Å². The quantitative estimate of drug-likeness (QED) is 0.316. The first-order chi connectivity index (χ1) is 19.0. The Morgan fingerprint density at radius 3 is 2.64 bits per heavy atom. The second-order valence-electron chi connectivity index (χ2n) is 10.9. The lowest BCUT2D eigenvalue weighted by molar-refractivity contribution is 0.0341. The number of ether oxygens (including phenoxy) is 1. The predicted octanol–water partition coefficient (Wildman–Crippen LogP) is 3.79. The van der Waals surface area contributed by atoms with E-state index in [9.17, 15) is 4.79 Å². The Morgan fingerprint density at radius 2 is 1.87 bits per heavy atom. The lowest BCUT2D eigenvalue weighted by Crippen LogP contribution is -2.40. The fourth-order valence-corrected chi connectivity index (χ4v) is 5.52. The van der Waals surface area contributed by atoms with E-state index in [1.807, 2.05) is 41.1 Å². The van der Waals surface area contributed by atoms with Crippen LogP contribution in [0.25, 0.3) is 10.9 Å². The van der Waals surface area contributed by atoms with Gasteiger partial charge in [0.15, 0.2) is 5.82 Å². The van der Waals surface area contributed by atoms with Crippen LogP contribution in [0.15, 0.2) is 59.4 Å². The second-order valence-corrected chi connectivity index (χ2v) is 10.9. The van der Waals surface area contributed by atoms with Crippen molar-refractivity contribution in [3.05, 3.63) is 87.5 Å². The Labute approximate surface area is 229 Å². The van der Waals surface area contributed by atoms with Crippen LogP contribution in [0.2, 0.25) is 0 Å². The maximum absolute atomic E-state index is 13.2. The number of nitrogens with one attached hydrogen (secondary N) is 1. The van der Waals surface area contributed by atoms with Gasteiger partial charge in [0.2, 0.25) is 0 Å². The SMILES string of the molecule is Cc1ccc2[nH]c(=O)c(CN(CCCN3CCOCC3)[C@@H](c3nnnn3Cc3ccccc3)C(C)C)cc2c1. The van der Waals surface area contributed by atoms with Gasteiger partial charge in [0.25, 0.3) is 5.56 Å². The van der Waals surface area contributed by atoms with Crippen LogP contribution in [0, 0.1) is 12.8 Å². The first-order valence-corrected chi connectivity index (χ1v) is 13.9. The Hall–Kier alpha value is -3.40. The molecule has 1 N–H and O–H groups in total. The first kappa shape index (κ1) is 27.2. The van der Waals surface area contributed by atoms with Crippen LogP contribution in [0.1, 0.15) is 48.8 Å². The minimum absolute atomic E-state index is 0.0454. The molecule has 1 fully saturated rings. The van der Waals surface area contributed by atoms with Gasteiger partial charge in [-0.1, -0.05) is 55.8 Å². The third-order valence-corrected chi connectivity index (χ3v) is 7.50. The fourth-order valence-electron chi connectivity index (χ4n) is 5.52. The highest BCUT2D eigenvalue weighted by Gasteiger charge is 2.30. The summed E-state index contributed by atoms with van der Waals surface area (Å²) in [4.78, 5) is 21.2. The van der Waals surface area contributed by atoms with E-state index >= 15 is 0 Å². The molecule has 0 saturated carbocycles. The highest BCUT2D eigenvalue weighted by molar-refractivity contribution is 5.79. The summed E-state index contributed by atoms with van der Waals surface area (Å²) in [5, 5.41) is 14.0. The third-order valence-electron chi connectivity index (χ3n) is 7.50. The smallest absolute Gasteiger partial charge is 0.252 e. The molecule has 5 rings (SSSR count). The van der Waals surface area contributed by atoms with Crippen molar-refractivity contribution in [1.29, 1.82) is 0 Å². The molecule has 1 aliphatic rings.